The molecule has 0 bridgehead atoms. The molecular formula is C24H31NO4. The van der Waals surface area contributed by atoms with Gasteiger partial charge in [0.2, 0.25) is 0 Å². The fraction of sp³-hybridized carbons (Fsp3) is 0.500. The normalized spacial score (nSPS) is 20.8. The van der Waals surface area contributed by atoms with E-state index in [-0.39, 0.29) is 6.10 Å². The molecule has 0 radical (unpaired) electrons. The van der Waals surface area contributed by atoms with E-state index in [9.17, 15) is 10.2 Å². The molecule has 1 unspecified atom stereocenters. The van der Waals surface area contributed by atoms with Gasteiger partial charge in [0.25, 0.3) is 0 Å². The molecule has 0 amide bonds. The van der Waals surface area contributed by atoms with Crippen LogP contribution in [0.1, 0.15) is 43.9 Å². The summed E-state index contributed by atoms with van der Waals surface area (Å²) in [6.45, 7) is 7.31. The number of aliphatic hydroxyl groups is 2. The molecule has 2 aromatic rings. The Morgan fingerprint density at radius 1 is 1.00 bits per heavy atom. The zero-order valence-electron chi connectivity index (χ0n) is 17.3. The van der Waals surface area contributed by atoms with Crippen molar-refractivity contribution in [3.63, 3.8) is 0 Å². The molecule has 2 heterocycles. The van der Waals surface area contributed by atoms with Gasteiger partial charge in [-0.2, -0.15) is 0 Å². The van der Waals surface area contributed by atoms with E-state index >= 15 is 0 Å². The van der Waals surface area contributed by atoms with Crippen LogP contribution in [0.3, 0.4) is 0 Å². The smallest absolute Gasteiger partial charge is 0.162 e. The summed E-state index contributed by atoms with van der Waals surface area (Å²) in [4.78, 5) is 2.45. The first-order valence-corrected chi connectivity index (χ1v) is 10.5. The molecule has 0 spiro atoms. The van der Waals surface area contributed by atoms with Crippen LogP contribution in [0, 0.1) is 11.3 Å². The molecule has 1 saturated heterocycles. The van der Waals surface area contributed by atoms with Gasteiger partial charge in [0.05, 0.1) is 0 Å². The minimum Gasteiger partial charge on any atom is -0.485 e. The summed E-state index contributed by atoms with van der Waals surface area (Å²) in [5.41, 5.74) is 1.96. The number of fused-ring (bicyclic) bond motifs is 1. The number of ether oxygens (including phenoxy) is 2. The summed E-state index contributed by atoms with van der Waals surface area (Å²) in [7, 11) is 0. The van der Waals surface area contributed by atoms with Crippen molar-refractivity contribution in [2.75, 3.05) is 19.7 Å². The molecule has 0 saturated carbocycles. The molecule has 156 valence electrons. The predicted molar refractivity (Wildman–Crippen MR) is 112 cm³/mol. The van der Waals surface area contributed by atoms with Crippen LogP contribution >= 0.6 is 0 Å². The molecule has 0 aromatic heterocycles. The molecule has 1 fully saturated rings. The summed E-state index contributed by atoms with van der Waals surface area (Å²) in [5.74, 6) is 1.94. The van der Waals surface area contributed by atoms with E-state index in [1.165, 1.54) is 5.56 Å². The van der Waals surface area contributed by atoms with Gasteiger partial charge in [0, 0.05) is 12.0 Å². The van der Waals surface area contributed by atoms with E-state index in [0.717, 1.165) is 49.5 Å². The van der Waals surface area contributed by atoms with Gasteiger partial charge in [-0.15, -0.1) is 0 Å². The highest BCUT2D eigenvalue weighted by molar-refractivity contribution is 5.41. The SMILES string of the molecule is CC(C)(C(O)O)C1CCN(Cc2ccc(C3COc4ccccc4O3)cc2)CC1. The minimum atomic E-state index is -1.26. The number of para-hydroxylation sites is 2. The van der Waals surface area contributed by atoms with Gasteiger partial charge in [-0.1, -0.05) is 50.2 Å². The lowest BCUT2D eigenvalue weighted by atomic mass is 9.73. The average molecular weight is 398 g/mol. The van der Waals surface area contributed by atoms with Crippen molar-refractivity contribution in [3.05, 3.63) is 59.7 Å². The van der Waals surface area contributed by atoms with Crippen LogP contribution in [0.25, 0.3) is 0 Å². The number of aliphatic hydroxyl groups excluding tert-OH is 1. The minimum absolute atomic E-state index is 0.0816. The summed E-state index contributed by atoms with van der Waals surface area (Å²) in [6.07, 6.45) is 0.649. The van der Waals surface area contributed by atoms with Crippen molar-refractivity contribution in [2.45, 2.75) is 45.6 Å². The zero-order valence-corrected chi connectivity index (χ0v) is 17.3. The Labute approximate surface area is 172 Å². The van der Waals surface area contributed by atoms with Crippen LogP contribution in [-0.2, 0) is 6.54 Å². The second-order valence-corrected chi connectivity index (χ2v) is 8.85. The molecule has 2 aliphatic heterocycles. The molecule has 2 aromatic carbocycles. The Bertz CT molecular complexity index is 810. The first kappa shape index (κ1) is 20.2. The molecule has 2 aliphatic rings. The van der Waals surface area contributed by atoms with Crippen molar-refractivity contribution >= 4 is 0 Å². The largest absolute Gasteiger partial charge is 0.485 e. The van der Waals surface area contributed by atoms with Crippen molar-refractivity contribution in [2.24, 2.45) is 11.3 Å². The fourth-order valence-corrected chi connectivity index (χ4v) is 4.33. The summed E-state index contributed by atoms with van der Waals surface area (Å²) >= 11 is 0. The zero-order chi connectivity index (χ0) is 20.4. The third kappa shape index (κ3) is 4.42. The third-order valence-electron chi connectivity index (χ3n) is 6.57. The van der Waals surface area contributed by atoms with Gasteiger partial charge < -0.3 is 19.7 Å². The lowest BCUT2D eigenvalue weighted by Gasteiger charge is -2.41. The van der Waals surface area contributed by atoms with Crippen LogP contribution in [0.2, 0.25) is 0 Å². The summed E-state index contributed by atoms with van der Waals surface area (Å²) in [6, 6.07) is 16.4. The van der Waals surface area contributed by atoms with E-state index in [2.05, 4.69) is 29.2 Å². The lowest BCUT2D eigenvalue weighted by molar-refractivity contribution is -0.150. The fourth-order valence-electron chi connectivity index (χ4n) is 4.33. The molecule has 5 nitrogen and oxygen atoms in total. The maximum Gasteiger partial charge on any atom is 0.162 e. The molecule has 29 heavy (non-hydrogen) atoms. The Morgan fingerprint density at radius 3 is 2.31 bits per heavy atom. The second kappa shape index (κ2) is 8.34. The summed E-state index contributed by atoms with van der Waals surface area (Å²) in [5, 5.41) is 19.3. The molecular weight excluding hydrogens is 366 g/mol. The quantitative estimate of drug-likeness (QED) is 0.753. The Balaban J connectivity index is 1.32. The number of rotatable bonds is 5. The van der Waals surface area contributed by atoms with Crippen molar-refractivity contribution < 1.29 is 19.7 Å². The highest BCUT2D eigenvalue weighted by Gasteiger charge is 2.37. The maximum atomic E-state index is 9.64. The number of piperidine rings is 1. The van der Waals surface area contributed by atoms with E-state index in [1.54, 1.807) is 0 Å². The molecule has 0 aliphatic carbocycles. The highest BCUT2D eigenvalue weighted by atomic mass is 16.6. The van der Waals surface area contributed by atoms with Crippen LogP contribution < -0.4 is 9.47 Å². The van der Waals surface area contributed by atoms with Gasteiger partial charge in [0.1, 0.15) is 6.61 Å². The number of hydrogen-bond acceptors (Lipinski definition) is 5. The van der Waals surface area contributed by atoms with E-state index in [1.807, 2.05) is 38.1 Å². The predicted octanol–water partition coefficient (Wildman–Crippen LogP) is 3.75. The highest BCUT2D eigenvalue weighted by Crippen LogP contribution is 2.38. The van der Waals surface area contributed by atoms with Gasteiger partial charge in [-0.3, -0.25) is 4.90 Å². The summed E-state index contributed by atoms with van der Waals surface area (Å²) < 4.78 is 11.9. The number of benzene rings is 2. The second-order valence-electron chi connectivity index (χ2n) is 8.85. The number of likely N-dealkylation sites (tertiary alicyclic amines) is 1. The van der Waals surface area contributed by atoms with Crippen LogP contribution in [0.15, 0.2) is 48.5 Å². The van der Waals surface area contributed by atoms with Gasteiger partial charge in [-0.05, 0) is 55.1 Å². The first-order valence-electron chi connectivity index (χ1n) is 10.5. The maximum absolute atomic E-state index is 9.64. The first-order chi connectivity index (χ1) is 13.9. The van der Waals surface area contributed by atoms with Crippen molar-refractivity contribution in [3.8, 4) is 11.5 Å². The monoisotopic (exact) mass is 397 g/mol. The third-order valence-corrected chi connectivity index (χ3v) is 6.57. The molecule has 1 atom stereocenters. The molecule has 5 heteroatoms. The van der Waals surface area contributed by atoms with Crippen molar-refractivity contribution in [1.82, 2.24) is 4.90 Å². The standard InChI is InChI=1S/C24H31NO4/c1-24(2,23(26)27)19-11-13-25(14-12-19)15-17-7-9-18(10-8-17)22-16-28-20-5-3-4-6-21(20)29-22/h3-10,19,22-23,26-27H,11-16H2,1-2H3. The number of hydrogen-bond donors (Lipinski definition) is 2. The lowest BCUT2D eigenvalue weighted by Crippen LogP contribution is -2.43. The van der Waals surface area contributed by atoms with Gasteiger partial charge in [-0.25, -0.2) is 0 Å². The van der Waals surface area contributed by atoms with Crippen molar-refractivity contribution in [1.29, 1.82) is 0 Å². The Morgan fingerprint density at radius 2 is 1.66 bits per heavy atom. The van der Waals surface area contributed by atoms with Crippen LogP contribution in [-0.4, -0.2) is 41.1 Å². The molecule has 2 N–H and O–H groups in total. The van der Waals surface area contributed by atoms with Gasteiger partial charge >= 0.3 is 0 Å². The van der Waals surface area contributed by atoms with Gasteiger partial charge in [0.15, 0.2) is 23.9 Å². The van der Waals surface area contributed by atoms with Crippen LogP contribution in [0.5, 0.6) is 11.5 Å². The average Bonchev–Trinajstić information content (AvgIpc) is 2.74. The molecule has 4 rings (SSSR count). The van der Waals surface area contributed by atoms with Crippen LogP contribution in [0.4, 0.5) is 0 Å². The Hall–Kier alpha value is -2.08. The van der Waals surface area contributed by atoms with E-state index in [0.29, 0.717) is 12.5 Å². The topological polar surface area (TPSA) is 62.2 Å². The van der Waals surface area contributed by atoms with E-state index < -0.39 is 11.7 Å². The Kier molecular flexibility index (Phi) is 5.81. The number of nitrogens with zero attached hydrogens (tertiary/aromatic N) is 1. The van der Waals surface area contributed by atoms with E-state index in [4.69, 9.17) is 9.47 Å².